The van der Waals surface area contributed by atoms with E-state index in [1.54, 1.807) is 11.0 Å². The Morgan fingerprint density at radius 1 is 1.28 bits per heavy atom. The van der Waals surface area contributed by atoms with E-state index in [1.165, 1.54) is 12.8 Å². The zero-order chi connectivity index (χ0) is 18.1. The molecule has 2 amide bonds. The van der Waals surface area contributed by atoms with E-state index >= 15 is 0 Å². The van der Waals surface area contributed by atoms with Gasteiger partial charge in [0, 0.05) is 13.1 Å². The van der Waals surface area contributed by atoms with Crippen molar-refractivity contribution < 1.29 is 14.3 Å². The number of likely N-dealkylation sites (tertiary alicyclic amines) is 1. The van der Waals surface area contributed by atoms with Crippen LogP contribution in [0.2, 0.25) is 0 Å². The number of ether oxygens (including phenoxy) is 1. The summed E-state index contributed by atoms with van der Waals surface area (Å²) in [5, 5.41) is 0. The Balaban J connectivity index is 1.99. The number of hydrogen-bond donors (Lipinski definition) is 2. The second-order valence-electron chi connectivity index (χ2n) is 6.50. The van der Waals surface area contributed by atoms with E-state index in [0.717, 1.165) is 25.7 Å². The first-order valence-electron chi connectivity index (χ1n) is 9.19. The highest BCUT2D eigenvalue weighted by Crippen LogP contribution is 2.24. The number of carbonyl (C=O) groups excluding carboxylic acids is 2. The third-order valence-electron chi connectivity index (χ3n) is 4.59. The summed E-state index contributed by atoms with van der Waals surface area (Å²) in [6, 6.07) is 7.33. The molecule has 1 aromatic carbocycles. The maximum absolute atomic E-state index is 12.9. The highest BCUT2D eigenvalue weighted by molar-refractivity contribution is 5.97. The Kier molecular flexibility index (Phi) is 7.73. The van der Waals surface area contributed by atoms with Crippen molar-refractivity contribution in [3.05, 3.63) is 29.8 Å². The molecule has 1 aromatic rings. The molecule has 1 atom stereocenters. The van der Waals surface area contributed by atoms with Gasteiger partial charge in [0.05, 0.1) is 18.1 Å². The second-order valence-corrected chi connectivity index (χ2v) is 6.50. The molecular formula is C19H29N3O3. The van der Waals surface area contributed by atoms with Crippen molar-refractivity contribution in [2.45, 2.75) is 45.4 Å². The molecule has 1 fully saturated rings. The number of hydrazine groups is 1. The third-order valence-corrected chi connectivity index (χ3v) is 4.59. The Hall–Kier alpha value is -2.08. The normalized spacial score (nSPS) is 17.2. The predicted octanol–water partition coefficient (Wildman–Crippen LogP) is 2.49. The Labute approximate surface area is 149 Å². The summed E-state index contributed by atoms with van der Waals surface area (Å²) in [5.74, 6) is 5.31. The van der Waals surface area contributed by atoms with E-state index < -0.39 is 0 Å². The first kappa shape index (κ1) is 19.2. The van der Waals surface area contributed by atoms with Gasteiger partial charge in [0.15, 0.2) is 0 Å². The second kappa shape index (κ2) is 10.0. The standard InChI is InChI=1S/C19H29N3O3/c1-2-3-4-7-13-25-17-11-6-5-10-16(17)19(24)22-12-8-9-15(14-22)18(23)21-20/h5-6,10-11,15H,2-4,7-9,12-14,20H2,1H3,(H,21,23). The van der Waals surface area contributed by atoms with Gasteiger partial charge in [-0.25, -0.2) is 5.84 Å². The fourth-order valence-electron chi connectivity index (χ4n) is 3.14. The van der Waals surface area contributed by atoms with Crippen LogP contribution in [0.5, 0.6) is 5.75 Å². The number of rotatable bonds is 8. The molecule has 0 bridgehead atoms. The molecule has 25 heavy (non-hydrogen) atoms. The van der Waals surface area contributed by atoms with Crippen molar-refractivity contribution >= 4 is 11.8 Å². The van der Waals surface area contributed by atoms with Crippen molar-refractivity contribution in [2.24, 2.45) is 11.8 Å². The van der Waals surface area contributed by atoms with Crippen LogP contribution in [-0.2, 0) is 4.79 Å². The molecule has 3 N–H and O–H groups in total. The maximum Gasteiger partial charge on any atom is 0.257 e. The molecule has 1 aliphatic heterocycles. The van der Waals surface area contributed by atoms with E-state index in [0.29, 0.717) is 31.0 Å². The largest absolute Gasteiger partial charge is 0.493 e. The minimum absolute atomic E-state index is 0.0846. The predicted molar refractivity (Wildman–Crippen MR) is 97.0 cm³/mol. The van der Waals surface area contributed by atoms with Gasteiger partial charge < -0.3 is 9.64 Å². The minimum Gasteiger partial charge on any atom is -0.493 e. The van der Waals surface area contributed by atoms with Crippen molar-refractivity contribution in [1.82, 2.24) is 10.3 Å². The summed E-state index contributed by atoms with van der Waals surface area (Å²) in [6.07, 6.45) is 6.05. The van der Waals surface area contributed by atoms with Gasteiger partial charge in [-0.1, -0.05) is 38.3 Å². The van der Waals surface area contributed by atoms with Crippen molar-refractivity contribution in [3.8, 4) is 5.75 Å². The first-order chi connectivity index (χ1) is 12.2. The number of hydrogen-bond acceptors (Lipinski definition) is 4. The van der Waals surface area contributed by atoms with Crippen molar-refractivity contribution in [3.63, 3.8) is 0 Å². The Morgan fingerprint density at radius 2 is 2.08 bits per heavy atom. The minimum atomic E-state index is -0.246. The summed E-state index contributed by atoms with van der Waals surface area (Å²) < 4.78 is 5.84. The van der Waals surface area contributed by atoms with E-state index in [4.69, 9.17) is 10.6 Å². The van der Waals surface area contributed by atoms with Crippen LogP contribution in [0.1, 0.15) is 55.8 Å². The van der Waals surface area contributed by atoms with Crippen LogP contribution < -0.4 is 16.0 Å². The lowest BCUT2D eigenvalue weighted by Crippen LogP contribution is -2.47. The highest BCUT2D eigenvalue weighted by atomic mass is 16.5. The van der Waals surface area contributed by atoms with E-state index in [1.807, 2.05) is 18.2 Å². The SMILES string of the molecule is CCCCCCOc1ccccc1C(=O)N1CCCC(C(=O)NN)C1. The van der Waals surface area contributed by atoms with Crippen LogP contribution in [0, 0.1) is 5.92 Å². The van der Waals surface area contributed by atoms with Gasteiger partial charge in [-0.3, -0.25) is 15.0 Å². The number of nitrogens with zero attached hydrogens (tertiary/aromatic N) is 1. The number of benzene rings is 1. The van der Waals surface area contributed by atoms with E-state index in [-0.39, 0.29) is 17.7 Å². The number of amides is 2. The zero-order valence-electron chi connectivity index (χ0n) is 15.0. The molecule has 1 saturated heterocycles. The van der Waals surface area contributed by atoms with E-state index in [2.05, 4.69) is 12.3 Å². The number of carbonyl (C=O) groups is 2. The molecule has 2 rings (SSSR count). The molecule has 0 aliphatic carbocycles. The topological polar surface area (TPSA) is 84.7 Å². The van der Waals surface area contributed by atoms with Crippen molar-refractivity contribution in [2.75, 3.05) is 19.7 Å². The van der Waals surface area contributed by atoms with Gasteiger partial charge in [-0.2, -0.15) is 0 Å². The van der Waals surface area contributed by atoms with Crippen LogP contribution in [0.4, 0.5) is 0 Å². The van der Waals surface area contributed by atoms with Crippen LogP contribution in [0.25, 0.3) is 0 Å². The van der Waals surface area contributed by atoms with Gasteiger partial charge >= 0.3 is 0 Å². The third kappa shape index (κ3) is 5.46. The Morgan fingerprint density at radius 3 is 2.84 bits per heavy atom. The Bertz CT molecular complexity index is 577. The van der Waals surface area contributed by atoms with Crippen LogP contribution in [-0.4, -0.2) is 36.4 Å². The maximum atomic E-state index is 12.9. The molecule has 138 valence electrons. The first-order valence-corrected chi connectivity index (χ1v) is 9.19. The van der Waals surface area contributed by atoms with Crippen LogP contribution in [0.15, 0.2) is 24.3 Å². The zero-order valence-corrected chi connectivity index (χ0v) is 15.0. The molecule has 1 aliphatic rings. The smallest absolute Gasteiger partial charge is 0.257 e. The molecule has 0 aromatic heterocycles. The van der Waals surface area contributed by atoms with Gasteiger partial charge in [-0.15, -0.1) is 0 Å². The summed E-state index contributed by atoms with van der Waals surface area (Å²) in [5.41, 5.74) is 2.75. The molecule has 0 radical (unpaired) electrons. The lowest BCUT2D eigenvalue weighted by atomic mass is 9.96. The number of nitrogens with one attached hydrogen (secondary N) is 1. The summed E-state index contributed by atoms with van der Waals surface area (Å²) >= 11 is 0. The summed E-state index contributed by atoms with van der Waals surface area (Å²) in [4.78, 5) is 26.4. The summed E-state index contributed by atoms with van der Waals surface area (Å²) in [7, 11) is 0. The molecule has 0 saturated carbocycles. The number of para-hydroxylation sites is 1. The average molecular weight is 347 g/mol. The molecule has 1 unspecified atom stereocenters. The van der Waals surface area contributed by atoms with Crippen molar-refractivity contribution in [1.29, 1.82) is 0 Å². The monoisotopic (exact) mass is 347 g/mol. The van der Waals surface area contributed by atoms with E-state index in [9.17, 15) is 9.59 Å². The van der Waals surface area contributed by atoms with Gasteiger partial charge in [0.25, 0.3) is 5.91 Å². The molecule has 1 heterocycles. The number of unbranched alkanes of at least 4 members (excludes halogenated alkanes) is 3. The average Bonchev–Trinajstić information content (AvgIpc) is 2.67. The van der Waals surface area contributed by atoms with Crippen LogP contribution in [0.3, 0.4) is 0 Å². The number of piperidine rings is 1. The quantitative estimate of drug-likeness (QED) is 0.327. The molecular weight excluding hydrogens is 318 g/mol. The highest BCUT2D eigenvalue weighted by Gasteiger charge is 2.29. The number of nitrogens with two attached hydrogens (primary N) is 1. The molecule has 0 spiro atoms. The lowest BCUT2D eigenvalue weighted by Gasteiger charge is -2.32. The molecule has 6 nitrogen and oxygen atoms in total. The van der Waals surface area contributed by atoms with Gasteiger partial charge in [0.1, 0.15) is 5.75 Å². The molecule has 6 heteroatoms. The van der Waals surface area contributed by atoms with Gasteiger partial charge in [-0.05, 0) is 31.4 Å². The lowest BCUT2D eigenvalue weighted by molar-refractivity contribution is -0.126. The van der Waals surface area contributed by atoms with Crippen LogP contribution >= 0.6 is 0 Å². The fourth-order valence-corrected chi connectivity index (χ4v) is 3.14. The summed E-state index contributed by atoms with van der Waals surface area (Å²) in [6.45, 7) is 3.83. The van der Waals surface area contributed by atoms with Gasteiger partial charge in [0.2, 0.25) is 5.91 Å². The fraction of sp³-hybridized carbons (Fsp3) is 0.579.